The first-order valence-electron chi connectivity index (χ1n) is 9.37. The number of imide groups is 1. The number of likely N-dealkylation sites (N-methyl/N-ethyl adjacent to an activating group) is 1. The molecule has 2 N–H and O–H groups in total. The fraction of sp³-hybridized carbons (Fsp3) is 0.526. The highest BCUT2D eigenvalue weighted by atomic mass is 32.2. The Hall–Kier alpha value is -2.40. The number of aromatic nitrogens is 2. The maximum Gasteiger partial charge on any atom is 0.331 e. The molecule has 0 saturated carbocycles. The Labute approximate surface area is 175 Å². The molecule has 2 aromatic rings. The van der Waals surface area contributed by atoms with Gasteiger partial charge in [-0.2, -0.15) is 0 Å². The average Bonchev–Trinajstić information content (AvgIpc) is 3.16. The molecule has 1 unspecified atom stereocenters. The smallest absolute Gasteiger partial charge is 0.305 e. The Morgan fingerprint density at radius 1 is 1.27 bits per heavy atom. The lowest BCUT2D eigenvalue weighted by Crippen LogP contribution is -2.33. The van der Waals surface area contributed by atoms with Crippen LogP contribution in [0.2, 0.25) is 0 Å². The van der Waals surface area contributed by atoms with E-state index in [1.165, 1.54) is 23.7 Å². The summed E-state index contributed by atoms with van der Waals surface area (Å²) in [5.74, 6) is -3.76. The highest BCUT2D eigenvalue weighted by Gasteiger charge is 2.37. The van der Waals surface area contributed by atoms with Gasteiger partial charge in [0.1, 0.15) is 6.54 Å². The second-order valence-electron chi connectivity index (χ2n) is 8.38. The van der Waals surface area contributed by atoms with Crippen molar-refractivity contribution in [3.8, 4) is 0 Å². The van der Waals surface area contributed by atoms with Crippen LogP contribution in [0.4, 0.5) is 19.3 Å². The highest BCUT2D eigenvalue weighted by molar-refractivity contribution is 7.84. The number of carbonyl (C=O) groups is 2. The third-order valence-corrected chi connectivity index (χ3v) is 6.64. The van der Waals surface area contributed by atoms with Crippen LogP contribution in [-0.2, 0) is 21.7 Å². The Bertz CT molecular complexity index is 1050. The summed E-state index contributed by atoms with van der Waals surface area (Å²) < 4.78 is 40.8. The van der Waals surface area contributed by atoms with Crippen LogP contribution >= 0.6 is 0 Å². The molecule has 1 aliphatic rings. The van der Waals surface area contributed by atoms with Gasteiger partial charge >= 0.3 is 6.03 Å². The summed E-state index contributed by atoms with van der Waals surface area (Å²) >= 11 is 0. The van der Waals surface area contributed by atoms with Crippen LogP contribution in [0.1, 0.15) is 51.3 Å². The van der Waals surface area contributed by atoms with Gasteiger partial charge in [-0.15, -0.1) is 0 Å². The van der Waals surface area contributed by atoms with E-state index in [0.29, 0.717) is 12.1 Å². The second kappa shape index (κ2) is 7.38. The third kappa shape index (κ3) is 3.95. The van der Waals surface area contributed by atoms with Crippen molar-refractivity contribution in [1.29, 1.82) is 0 Å². The molecule has 0 radical (unpaired) electrons. The Morgan fingerprint density at radius 2 is 1.90 bits per heavy atom. The first-order valence-corrected chi connectivity index (χ1v) is 10.6. The van der Waals surface area contributed by atoms with Crippen molar-refractivity contribution < 1.29 is 22.6 Å². The maximum atomic E-state index is 14.1. The summed E-state index contributed by atoms with van der Waals surface area (Å²) in [6.45, 7) is 5.95. The quantitative estimate of drug-likeness (QED) is 0.697. The predicted molar refractivity (Wildman–Crippen MR) is 110 cm³/mol. The van der Waals surface area contributed by atoms with Crippen LogP contribution in [0.5, 0.6) is 0 Å². The van der Waals surface area contributed by atoms with Gasteiger partial charge in [0.15, 0.2) is 5.65 Å². The van der Waals surface area contributed by atoms with E-state index in [0.717, 1.165) is 16.7 Å². The fourth-order valence-corrected chi connectivity index (χ4v) is 3.90. The Kier molecular flexibility index (Phi) is 5.48. The molecule has 8 nitrogen and oxygen atoms in total. The molecule has 2 aromatic heterocycles. The predicted octanol–water partition coefficient (Wildman–Crippen LogP) is 2.74. The zero-order valence-corrected chi connectivity index (χ0v) is 18.3. The van der Waals surface area contributed by atoms with Gasteiger partial charge in [-0.1, -0.05) is 6.92 Å². The third-order valence-electron chi connectivity index (χ3n) is 5.38. The molecular weight excluding hydrogens is 416 g/mol. The lowest BCUT2D eigenvalue weighted by Gasteiger charge is -2.24. The molecule has 1 fully saturated rings. The molecule has 0 aliphatic carbocycles. The van der Waals surface area contributed by atoms with Crippen molar-refractivity contribution in [1.82, 2.24) is 14.3 Å². The molecule has 0 aromatic carbocycles. The molecule has 1 saturated heterocycles. The van der Waals surface area contributed by atoms with Gasteiger partial charge in [-0.3, -0.25) is 19.7 Å². The number of fused-ring (bicyclic) bond motifs is 1. The zero-order valence-electron chi connectivity index (χ0n) is 17.5. The van der Waals surface area contributed by atoms with Crippen LogP contribution in [0.3, 0.4) is 0 Å². The molecule has 1 aliphatic heterocycles. The van der Waals surface area contributed by atoms with Crippen molar-refractivity contribution in [2.24, 2.45) is 5.14 Å². The fourth-order valence-electron chi connectivity index (χ4n) is 3.48. The van der Waals surface area contributed by atoms with Gasteiger partial charge in [-0.05, 0) is 26.3 Å². The average molecular weight is 442 g/mol. The number of carbonyl (C=O) groups excluding carboxylic acids is 2. The summed E-state index contributed by atoms with van der Waals surface area (Å²) in [5.41, 5.74) is 0.697. The SMILES string of the molecule is C[C@H](CC(C)(C)S(N)=O)c1cn2cc(C(C)(F)F)cc(N3CC(=O)N(C)C3=O)c2n1. The van der Waals surface area contributed by atoms with Gasteiger partial charge in [-0.25, -0.2) is 22.8 Å². The van der Waals surface area contributed by atoms with E-state index in [1.54, 1.807) is 20.0 Å². The minimum atomic E-state index is -3.16. The van der Waals surface area contributed by atoms with Crippen LogP contribution < -0.4 is 10.0 Å². The first-order chi connectivity index (χ1) is 13.7. The highest BCUT2D eigenvalue weighted by Crippen LogP contribution is 2.35. The van der Waals surface area contributed by atoms with E-state index in [4.69, 9.17) is 5.14 Å². The molecule has 11 heteroatoms. The number of urea groups is 1. The molecule has 0 spiro atoms. The summed E-state index contributed by atoms with van der Waals surface area (Å²) in [6, 6.07) is 0.593. The molecule has 30 heavy (non-hydrogen) atoms. The normalized spacial score (nSPS) is 17.9. The van der Waals surface area contributed by atoms with E-state index in [2.05, 4.69) is 4.98 Å². The first kappa shape index (κ1) is 22.3. The maximum absolute atomic E-state index is 14.1. The van der Waals surface area contributed by atoms with E-state index < -0.39 is 33.6 Å². The summed E-state index contributed by atoms with van der Waals surface area (Å²) in [6.07, 6.45) is 3.33. The minimum absolute atomic E-state index is 0.136. The number of alkyl halides is 2. The number of anilines is 1. The Balaban J connectivity index is 2.12. The molecule has 164 valence electrons. The van der Waals surface area contributed by atoms with E-state index >= 15 is 0 Å². The molecule has 2 atom stereocenters. The number of halogens is 2. The molecular formula is C19H25F2N5O3S. The Morgan fingerprint density at radius 3 is 2.40 bits per heavy atom. The zero-order chi connectivity index (χ0) is 22.6. The standard InChI is InChI=1S/C19H25F2N5O3S/c1-11(7-18(2,3)30(22)29)13-9-25-8-12(19(4,20)21)6-14(16(25)23-13)26-10-15(27)24(5)17(26)28/h6,8-9,11H,7,10,22H2,1-5H3/t11-,30?/m1/s1. The van der Waals surface area contributed by atoms with Crippen molar-refractivity contribution in [3.05, 3.63) is 29.7 Å². The number of amides is 3. The molecule has 3 heterocycles. The van der Waals surface area contributed by atoms with Crippen LogP contribution in [0.25, 0.3) is 5.65 Å². The van der Waals surface area contributed by atoms with Crippen molar-refractivity contribution in [2.45, 2.75) is 50.7 Å². The summed E-state index contributed by atoms with van der Waals surface area (Å²) in [7, 11) is -0.211. The lowest BCUT2D eigenvalue weighted by molar-refractivity contribution is -0.123. The van der Waals surface area contributed by atoms with Gasteiger partial charge in [0, 0.05) is 37.8 Å². The summed E-state index contributed by atoms with van der Waals surface area (Å²) in [4.78, 5) is 31.1. The lowest BCUT2D eigenvalue weighted by atomic mass is 9.96. The minimum Gasteiger partial charge on any atom is -0.305 e. The van der Waals surface area contributed by atoms with Crippen LogP contribution in [0, 0.1) is 0 Å². The van der Waals surface area contributed by atoms with Gasteiger partial charge in [0.25, 0.3) is 5.92 Å². The molecule has 3 amide bonds. The van der Waals surface area contributed by atoms with Gasteiger partial charge in [0.2, 0.25) is 5.91 Å². The van der Waals surface area contributed by atoms with Crippen molar-refractivity contribution in [2.75, 3.05) is 18.5 Å². The van der Waals surface area contributed by atoms with Crippen LogP contribution in [-0.4, -0.2) is 48.8 Å². The van der Waals surface area contributed by atoms with Gasteiger partial charge in [0.05, 0.1) is 27.1 Å². The van der Waals surface area contributed by atoms with E-state index in [-0.39, 0.29) is 29.4 Å². The number of nitrogens with zero attached hydrogens (tertiary/aromatic N) is 4. The topological polar surface area (TPSA) is 101 Å². The largest absolute Gasteiger partial charge is 0.331 e. The molecule has 0 bridgehead atoms. The molecule has 3 rings (SSSR count). The number of imidazole rings is 1. The van der Waals surface area contributed by atoms with E-state index in [1.807, 2.05) is 6.92 Å². The van der Waals surface area contributed by atoms with Crippen molar-refractivity contribution in [3.63, 3.8) is 0 Å². The second-order valence-corrected chi connectivity index (χ2v) is 10.1. The van der Waals surface area contributed by atoms with E-state index in [9.17, 15) is 22.6 Å². The number of pyridine rings is 1. The monoisotopic (exact) mass is 441 g/mol. The number of nitrogens with two attached hydrogens (primary N) is 1. The van der Waals surface area contributed by atoms with Gasteiger partial charge < -0.3 is 4.40 Å². The van der Waals surface area contributed by atoms with Crippen LogP contribution in [0.15, 0.2) is 18.5 Å². The number of hydrogen-bond donors (Lipinski definition) is 1. The summed E-state index contributed by atoms with van der Waals surface area (Å²) in [5, 5.41) is 5.57. The van der Waals surface area contributed by atoms with Crippen molar-refractivity contribution >= 4 is 34.3 Å². The number of hydrogen-bond acceptors (Lipinski definition) is 4. The number of rotatable bonds is 6.